The first-order chi connectivity index (χ1) is 17.1. The van der Waals surface area contributed by atoms with Crippen LogP contribution in [0.15, 0.2) is 24.4 Å². The zero-order chi connectivity index (χ0) is 25.8. The van der Waals surface area contributed by atoms with Gasteiger partial charge in [0.2, 0.25) is 0 Å². The van der Waals surface area contributed by atoms with Gasteiger partial charge in [-0.3, -0.25) is 4.79 Å². The van der Waals surface area contributed by atoms with E-state index >= 15 is 0 Å². The number of hydrogen-bond donors (Lipinski definition) is 2. The number of carbonyl (C=O) groups is 2. The summed E-state index contributed by atoms with van der Waals surface area (Å²) in [5, 5.41) is 3.02. The van der Waals surface area contributed by atoms with Crippen LogP contribution in [0, 0.1) is 5.92 Å². The predicted molar refractivity (Wildman–Crippen MR) is 137 cm³/mol. The van der Waals surface area contributed by atoms with E-state index in [0.717, 1.165) is 41.9 Å². The highest BCUT2D eigenvalue weighted by atomic mass is 16.6. The number of aryl methyl sites for hydroxylation is 2. The average molecular weight is 494 g/mol. The second-order valence-electron chi connectivity index (χ2n) is 10.8. The molecule has 0 unspecified atom stereocenters. The van der Waals surface area contributed by atoms with Gasteiger partial charge >= 0.3 is 6.09 Å². The van der Waals surface area contributed by atoms with Gasteiger partial charge in [0.05, 0.1) is 24.7 Å². The minimum absolute atomic E-state index is 0.0528. The molecule has 36 heavy (non-hydrogen) atoms. The fraction of sp³-hybridized carbons (Fsp3) is 0.519. The Labute approximate surface area is 211 Å². The molecule has 2 bridgehead atoms. The molecule has 2 aliphatic rings. The molecule has 9 nitrogen and oxygen atoms in total. The molecule has 3 aromatic rings. The SMILES string of the molecule is CCc1[nH]ccc1-c1nc2cc(C(=O)N3C[C@H]4CC[C@@H]3[C@@H]4NC(=O)OC(C)(C)C)cc(OC)c2n1C. The molecule has 192 valence electrons. The van der Waals surface area contributed by atoms with Gasteiger partial charge in [-0.25, -0.2) is 9.78 Å². The smallest absolute Gasteiger partial charge is 0.407 e. The van der Waals surface area contributed by atoms with Crippen LogP contribution in [-0.2, 0) is 18.2 Å². The standard InChI is InChI=1S/C27H35N5O4/c1-7-18-17(10-11-28-18)24-29-19-12-16(13-21(35-6)23(19)31(24)5)25(33)32-14-15-8-9-20(32)22(15)30-26(34)36-27(2,3)4/h10-13,15,20,22,28H,7-9,14H2,1-6H3,(H,30,34)/t15-,20-,22-/m1/s1. The number of imidazole rings is 1. The Bertz CT molecular complexity index is 1320. The first-order valence-electron chi connectivity index (χ1n) is 12.6. The van der Waals surface area contributed by atoms with Crippen molar-refractivity contribution >= 4 is 23.0 Å². The highest BCUT2D eigenvalue weighted by molar-refractivity contribution is 6.00. The number of aromatic amines is 1. The zero-order valence-corrected chi connectivity index (χ0v) is 21.8. The van der Waals surface area contributed by atoms with Crippen molar-refractivity contribution < 1.29 is 19.1 Å². The third kappa shape index (κ3) is 4.10. The summed E-state index contributed by atoms with van der Waals surface area (Å²) in [6.45, 7) is 8.25. The van der Waals surface area contributed by atoms with Gasteiger partial charge in [0.1, 0.15) is 22.7 Å². The second kappa shape index (κ2) is 8.87. The van der Waals surface area contributed by atoms with E-state index in [1.54, 1.807) is 13.2 Å². The number of likely N-dealkylation sites (tertiary alicyclic amines) is 1. The molecular formula is C27H35N5O4. The van der Waals surface area contributed by atoms with Crippen molar-refractivity contribution in [1.82, 2.24) is 24.8 Å². The van der Waals surface area contributed by atoms with E-state index < -0.39 is 11.7 Å². The molecule has 1 aromatic carbocycles. The summed E-state index contributed by atoms with van der Waals surface area (Å²) in [7, 11) is 3.58. The van der Waals surface area contributed by atoms with Gasteiger partial charge in [-0.1, -0.05) is 6.92 Å². The van der Waals surface area contributed by atoms with E-state index in [1.807, 2.05) is 55.6 Å². The van der Waals surface area contributed by atoms with Crippen molar-refractivity contribution in [3.8, 4) is 17.1 Å². The number of alkyl carbamates (subject to hydrolysis) is 1. The normalized spacial score (nSPS) is 21.3. The number of rotatable bonds is 5. The van der Waals surface area contributed by atoms with Crippen molar-refractivity contribution in [1.29, 1.82) is 0 Å². The molecule has 1 aliphatic carbocycles. The van der Waals surface area contributed by atoms with E-state index in [2.05, 4.69) is 17.2 Å². The van der Waals surface area contributed by atoms with E-state index in [-0.39, 0.29) is 23.9 Å². The van der Waals surface area contributed by atoms with E-state index in [1.165, 1.54) is 0 Å². The Kier molecular flexibility index (Phi) is 5.97. The number of ether oxygens (including phenoxy) is 2. The van der Waals surface area contributed by atoms with Crippen LogP contribution in [0.1, 0.15) is 56.6 Å². The van der Waals surface area contributed by atoms with Crippen LogP contribution in [0.5, 0.6) is 5.75 Å². The van der Waals surface area contributed by atoms with Gasteiger partial charge in [-0.05, 0) is 64.2 Å². The topological polar surface area (TPSA) is 101 Å². The summed E-state index contributed by atoms with van der Waals surface area (Å²) >= 11 is 0. The summed E-state index contributed by atoms with van der Waals surface area (Å²) < 4.78 is 13.2. The Morgan fingerprint density at radius 3 is 2.72 bits per heavy atom. The molecule has 1 aliphatic heterocycles. The van der Waals surface area contributed by atoms with Crippen molar-refractivity contribution in [2.24, 2.45) is 13.0 Å². The number of benzene rings is 1. The molecular weight excluding hydrogens is 458 g/mol. The fourth-order valence-corrected chi connectivity index (χ4v) is 5.79. The Morgan fingerprint density at radius 2 is 2.03 bits per heavy atom. The molecule has 2 fully saturated rings. The molecule has 3 atom stereocenters. The van der Waals surface area contributed by atoms with E-state index in [9.17, 15) is 9.59 Å². The summed E-state index contributed by atoms with van der Waals surface area (Å²) in [6, 6.07) is 5.53. The molecule has 2 N–H and O–H groups in total. The minimum atomic E-state index is -0.566. The summed E-state index contributed by atoms with van der Waals surface area (Å²) in [5.41, 5.74) is 3.69. The molecule has 2 amide bonds. The number of nitrogens with one attached hydrogen (secondary N) is 2. The fourth-order valence-electron chi connectivity index (χ4n) is 5.79. The molecule has 0 spiro atoms. The lowest BCUT2D eigenvalue weighted by Gasteiger charge is -2.28. The average Bonchev–Trinajstić information content (AvgIpc) is 3.59. The number of fused-ring (bicyclic) bond motifs is 3. The highest BCUT2D eigenvalue weighted by Crippen LogP contribution is 2.40. The lowest BCUT2D eigenvalue weighted by molar-refractivity contribution is 0.0485. The maximum Gasteiger partial charge on any atom is 0.407 e. The number of nitrogens with zero attached hydrogens (tertiary/aromatic N) is 3. The van der Waals surface area contributed by atoms with Gasteiger partial charge in [-0.2, -0.15) is 0 Å². The predicted octanol–water partition coefficient (Wildman–Crippen LogP) is 4.27. The van der Waals surface area contributed by atoms with Crippen molar-refractivity contribution in [3.05, 3.63) is 35.7 Å². The molecule has 3 heterocycles. The molecule has 0 radical (unpaired) electrons. The van der Waals surface area contributed by atoms with E-state index in [0.29, 0.717) is 23.4 Å². The van der Waals surface area contributed by atoms with Crippen LogP contribution in [0.25, 0.3) is 22.4 Å². The maximum absolute atomic E-state index is 13.7. The van der Waals surface area contributed by atoms with E-state index in [4.69, 9.17) is 14.5 Å². The monoisotopic (exact) mass is 493 g/mol. The van der Waals surface area contributed by atoms with Crippen LogP contribution < -0.4 is 10.1 Å². The number of H-pyrrole nitrogens is 1. The number of carbonyl (C=O) groups excluding carboxylic acids is 2. The van der Waals surface area contributed by atoms with Crippen LogP contribution in [-0.4, -0.2) is 62.8 Å². The highest BCUT2D eigenvalue weighted by Gasteiger charge is 2.49. The van der Waals surface area contributed by atoms with Crippen molar-refractivity contribution in [2.75, 3.05) is 13.7 Å². The quantitative estimate of drug-likeness (QED) is 0.553. The van der Waals surface area contributed by atoms with Gasteiger partial charge < -0.3 is 29.2 Å². The number of piperidine rings is 1. The number of amides is 2. The molecule has 2 aromatic heterocycles. The Morgan fingerprint density at radius 1 is 1.25 bits per heavy atom. The molecule has 9 heteroatoms. The summed E-state index contributed by atoms with van der Waals surface area (Å²) in [6.07, 6.45) is 4.19. The van der Waals surface area contributed by atoms with Gasteiger partial charge in [0.15, 0.2) is 0 Å². The first-order valence-corrected chi connectivity index (χ1v) is 12.6. The lowest BCUT2D eigenvalue weighted by atomic mass is 10.1. The number of methoxy groups -OCH3 is 1. The second-order valence-corrected chi connectivity index (χ2v) is 10.8. The van der Waals surface area contributed by atoms with Crippen molar-refractivity contribution in [2.45, 2.75) is 64.6 Å². The first kappa shape index (κ1) is 24.2. The van der Waals surface area contributed by atoms with Crippen molar-refractivity contribution in [3.63, 3.8) is 0 Å². The Hall–Kier alpha value is -3.49. The summed E-state index contributed by atoms with van der Waals surface area (Å²) in [5.74, 6) is 1.59. The number of hydrogen-bond acceptors (Lipinski definition) is 5. The van der Waals surface area contributed by atoms with Gasteiger partial charge in [-0.15, -0.1) is 0 Å². The zero-order valence-electron chi connectivity index (χ0n) is 21.8. The Balaban J connectivity index is 1.44. The minimum Gasteiger partial charge on any atom is -0.494 e. The van der Waals surface area contributed by atoms with Gasteiger partial charge in [0, 0.05) is 36.6 Å². The lowest BCUT2D eigenvalue weighted by Crippen LogP contribution is -2.46. The molecule has 1 saturated heterocycles. The molecule has 1 saturated carbocycles. The molecule has 5 rings (SSSR count). The number of aromatic nitrogens is 3. The third-order valence-corrected chi connectivity index (χ3v) is 7.36. The van der Waals surface area contributed by atoms with Crippen LogP contribution >= 0.6 is 0 Å². The van der Waals surface area contributed by atoms with Gasteiger partial charge in [0.25, 0.3) is 5.91 Å². The van der Waals surface area contributed by atoms with Crippen LogP contribution in [0.2, 0.25) is 0 Å². The van der Waals surface area contributed by atoms with Crippen LogP contribution in [0.4, 0.5) is 4.79 Å². The largest absolute Gasteiger partial charge is 0.494 e. The maximum atomic E-state index is 13.7. The summed E-state index contributed by atoms with van der Waals surface area (Å²) in [4.78, 5) is 36.2. The third-order valence-electron chi connectivity index (χ3n) is 7.36. The van der Waals surface area contributed by atoms with Crippen LogP contribution in [0.3, 0.4) is 0 Å².